The van der Waals surface area contributed by atoms with Gasteiger partial charge in [0.25, 0.3) is 0 Å². The monoisotopic (exact) mass is 302 g/mol. The molecular formula is C13H17F3N4O. The minimum Gasteiger partial charge on any atom is -0.387 e. The van der Waals surface area contributed by atoms with Crippen molar-refractivity contribution in [1.29, 1.82) is 5.41 Å². The first-order valence-corrected chi connectivity index (χ1v) is 6.09. The van der Waals surface area contributed by atoms with Crippen LogP contribution in [0.5, 0.6) is 0 Å². The van der Waals surface area contributed by atoms with Crippen molar-refractivity contribution in [3.63, 3.8) is 0 Å². The van der Waals surface area contributed by atoms with Crippen molar-refractivity contribution >= 4 is 17.6 Å². The molecule has 1 rings (SSSR count). The van der Waals surface area contributed by atoms with Gasteiger partial charge in [-0.3, -0.25) is 5.41 Å². The summed E-state index contributed by atoms with van der Waals surface area (Å²) in [7, 11) is 0. The number of halogens is 3. The standard InChI is InChI=1S/C13H17F3N4O/c1-12(2,10(17)18)7-19-11(21)20-9-6-4-3-5-8(9)13(14,15)16/h3-6H,7H2,1-2H3,(H3,17,18)(H2,19,20,21). The number of rotatable bonds is 4. The Hall–Kier alpha value is -2.25. The maximum absolute atomic E-state index is 12.8. The van der Waals surface area contributed by atoms with E-state index in [0.29, 0.717) is 0 Å². The molecule has 21 heavy (non-hydrogen) atoms. The summed E-state index contributed by atoms with van der Waals surface area (Å²) in [5.74, 6) is -0.126. The minimum atomic E-state index is -4.55. The molecule has 5 nitrogen and oxygen atoms in total. The number of amidine groups is 1. The Bertz CT molecular complexity index is 540. The third kappa shape index (κ3) is 4.66. The number of carbonyl (C=O) groups excluding carboxylic acids is 1. The van der Waals surface area contributed by atoms with Crippen molar-refractivity contribution in [2.24, 2.45) is 11.1 Å². The zero-order valence-electron chi connectivity index (χ0n) is 11.6. The van der Waals surface area contributed by atoms with Gasteiger partial charge in [-0.2, -0.15) is 13.2 Å². The fraction of sp³-hybridized carbons (Fsp3) is 0.385. The van der Waals surface area contributed by atoms with Gasteiger partial charge >= 0.3 is 12.2 Å². The van der Waals surface area contributed by atoms with E-state index in [4.69, 9.17) is 11.1 Å². The molecule has 8 heteroatoms. The van der Waals surface area contributed by atoms with E-state index < -0.39 is 23.2 Å². The second-order valence-corrected chi connectivity index (χ2v) is 5.15. The first kappa shape index (κ1) is 16.8. The largest absolute Gasteiger partial charge is 0.418 e. The number of anilines is 1. The van der Waals surface area contributed by atoms with E-state index in [9.17, 15) is 18.0 Å². The van der Waals surface area contributed by atoms with Crippen molar-refractivity contribution in [1.82, 2.24) is 5.32 Å². The van der Waals surface area contributed by atoms with Gasteiger partial charge in [0.05, 0.1) is 17.1 Å². The van der Waals surface area contributed by atoms with Gasteiger partial charge in [0.1, 0.15) is 0 Å². The number of benzene rings is 1. The lowest BCUT2D eigenvalue weighted by molar-refractivity contribution is -0.136. The summed E-state index contributed by atoms with van der Waals surface area (Å²) < 4.78 is 38.3. The molecule has 0 aromatic heterocycles. The molecule has 0 saturated carbocycles. The number of alkyl halides is 3. The van der Waals surface area contributed by atoms with Crippen LogP contribution in [0.2, 0.25) is 0 Å². The van der Waals surface area contributed by atoms with Crippen LogP contribution in [0.4, 0.5) is 23.7 Å². The lowest BCUT2D eigenvalue weighted by Crippen LogP contribution is -2.43. The van der Waals surface area contributed by atoms with E-state index >= 15 is 0 Å². The molecule has 0 fully saturated rings. The molecule has 0 spiro atoms. The smallest absolute Gasteiger partial charge is 0.387 e. The number of urea groups is 1. The molecule has 2 amide bonds. The van der Waals surface area contributed by atoms with Crippen molar-refractivity contribution in [3.8, 4) is 0 Å². The van der Waals surface area contributed by atoms with Gasteiger partial charge in [-0.1, -0.05) is 26.0 Å². The molecule has 1 aromatic rings. The number of nitrogens with one attached hydrogen (secondary N) is 3. The molecule has 0 radical (unpaired) electrons. The van der Waals surface area contributed by atoms with Crippen LogP contribution in [0, 0.1) is 10.8 Å². The van der Waals surface area contributed by atoms with Gasteiger partial charge in [-0.05, 0) is 12.1 Å². The first-order chi connectivity index (χ1) is 9.54. The van der Waals surface area contributed by atoms with Crippen LogP contribution in [-0.2, 0) is 6.18 Å². The van der Waals surface area contributed by atoms with Crippen molar-refractivity contribution in [3.05, 3.63) is 29.8 Å². The molecule has 1 aromatic carbocycles. The number of nitrogens with two attached hydrogens (primary N) is 1. The lowest BCUT2D eigenvalue weighted by atomic mass is 9.92. The van der Waals surface area contributed by atoms with Crippen LogP contribution < -0.4 is 16.4 Å². The first-order valence-electron chi connectivity index (χ1n) is 6.09. The second-order valence-electron chi connectivity index (χ2n) is 5.15. The SMILES string of the molecule is CC(C)(CNC(=O)Nc1ccccc1C(F)(F)F)C(=N)N. The lowest BCUT2D eigenvalue weighted by Gasteiger charge is -2.23. The van der Waals surface area contributed by atoms with E-state index in [2.05, 4.69) is 10.6 Å². The summed E-state index contributed by atoms with van der Waals surface area (Å²) in [6.07, 6.45) is -4.55. The zero-order valence-corrected chi connectivity index (χ0v) is 11.6. The van der Waals surface area contributed by atoms with Gasteiger partial charge in [0, 0.05) is 12.0 Å². The summed E-state index contributed by atoms with van der Waals surface area (Å²) in [4.78, 5) is 11.7. The van der Waals surface area contributed by atoms with Crippen molar-refractivity contribution < 1.29 is 18.0 Å². The summed E-state index contributed by atoms with van der Waals surface area (Å²) in [5.41, 5.74) is 3.32. The summed E-state index contributed by atoms with van der Waals surface area (Å²) >= 11 is 0. The third-order valence-electron chi connectivity index (χ3n) is 2.90. The normalized spacial score (nSPS) is 11.9. The third-order valence-corrected chi connectivity index (χ3v) is 2.90. The van der Waals surface area contributed by atoms with Crippen molar-refractivity contribution in [2.75, 3.05) is 11.9 Å². The van der Waals surface area contributed by atoms with Gasteiger partial charge in [-0.25, -0.2) is 4.79 Å². The highest BCUT2D eigenvalue weighted by Crippen LogP contribution is 2.34. The van der Waals surface area contributed by atoms with E-state index in [1.807, 2.05) is 0 Å². The zero-order chi connectivity index (χ0) is 16.3. The Kier molecular flexibility index (Phi) is 4.82. The predicted molar refractivity (Wildman–Crippen MR) is 74.2 cm³/mol. The quantitative estimate of drug-likeness (QED) is 0.509. The van der Waals surface area contributed by atoms with E-state index in [1.165, 1.54) is 18.2 Å². The topological polar surface area (TPSA) is 91.0 Å². The van der Waals surface area contributed by atoms with E-state index in [1.54, 1.807) is 13.8 Å². The maximum atomic E-state index is 12.8. The number of para-hydroxylation sites is 1. The van der Waals surface area contributed by atoms with Crippen LogP contribution >= 0.6 is 0 Å². The summed E-state index contributed by atoms with van der Waals surface area (Å²) in [6.45, 7) is 3.31. The van der Waals surface area contributed by atoms with Crippen LogP contribution in [0.15, 0.2) is 24.3 Å². The highest BCUT2D eigenvalue weighted by Gasteiger charge is 2.33. The summed E-state index contributed by atoms with van der Waals surface area (Å²) in [6, 6.07) is 3.89. The molecule has 0 saturated heterocycles. The molecule has 0 aliphatic rings. The number of hydrogen-bond acceptors (Lipinski definition) is 2. The Morgan fingerprint density at radius 1 is 1.29 bits per heavy atom. The van der Waals surface area contributed by atoms with Crippen LogP contribution in [-0.4, -0.2) is 18.4 Å². The van der Waals surface area contributed by atoms with Crippen LogP contribution in [0.25, 0.3) is 0 Å². The molecule has 5 N–H and O–H groups in total. The van der Waals surface area contributed by atoms with Gasteiger partial charge in [0.2, 0.25) is 0 Å². The Balaban J connectivity index is 2.75. The highest BCUT2D eigenvalue weighted by atomic mass is 19.4. The average molecular weight is 302 g/mol. The second kappa shape index (κ2) is 6.02. The molecular weight excluding hydrogens is 285 g/mol. The number of carbonyl (C=O) groups is 1. The fourth-order valence-corrected chi connectivity index (χ4v) is 1.40. The number of hydrogen-bond donors (Lipinski definition) is 4. The molecule has 0 aliphatic heterocycles. The van der Waals surface area contributed by atoms with Crippen LogP contribution in [0.3, 0.4) is 0 Å². The molecule has 0 heterocycles. The minimum absolute atomic E-state index is 0.0301. The molecule has 116 valence electrons. The number of amides is 2. The van der Waals surface area contributed by atoms with Crippen molar-refractivity contribution in [2.45, 2.75) is 20.0 Å². The molecule has 0 aliphatic carbocycles. The Labute approximate surface area is 120 Å². The van der Waals surface area contributed by atoms with Crippen LogP contribution in [0.1, 0.15) is 19.4 Å². The van der Waals surface area contributed by atoms with E-state index in [0.717, 1.165) is 6.07 Å². The molecule has 0 bridgehead atoms. The van der Waals surface area contributed by atoms with Gasteiger partial charge in [0.15, 0.2) is 0 Å². The maximum Gasteiger partial charge on any atom is 0.418 e. The predicted octanol–water partition coefficient (Wildman–Crippen LogP) is 2.79. The Morgan fingerprint density at radius 2 is 1.86 bits per heavy atom. The molecule has 0 atom stereocenters. The fourth-order valence-electron chi connectivity index (χ4n) is 1.40. The van der Waals surface area contributed by atoms with Gasteiger partial charge < -0.3 is 16.4 Å². The average Bonchev–Trinajstić information content (AvgIpc) is 2.35. The van der Waals surface area contributed by atoms with E-state index in [-0.39, 0.29) is 18.1 Å². The van der Waals surface area contributed by atoms with Gasteiger partial charge in [-0.15, -0.1) is 0 Å². The molecule has 0 unspecified atom stereocenters. The Morgan fingerprint density at radius 3 is 2.38 bits per heavy atom. The highest BCUT2D eigenvalue weighted by molar-refractivity contribution is 5.91. The summed E-state index contributed by atoms with van der Waals surface area (Å²) in [5, 5.41) is 11.9.